The molecule has 0 spiro atoms. The second-order valence-corrected chi connectivity index (χ2v) is 8.51. The van der Waals surface area contributed by atoms with Gasteiger partial charge in [0.1, 0.15) is 0 Å². The first kappa shape index (κ1) is 22.3. The van der Waals surface area contributed by atoms with E-state index in [0.29, 0.717) is 6.54 Å². The highest BCUT2D eigenvalue weighted by Crippen LogP contribution is 2.34. The number of thiophene rings is 1. The summed E-state index contributed by atoms with van der Waals surface area (Å²) in [6.45, 7) is 3.40. The molecule has 1 fully saturated rings. The Labute approximate surface area is 175 Å². The van der Waals surface area contributed by atoms with E-state index in [2.05, 4.69) is 21.3 Å². The zero-order chi connectivity index (χ0) is 21.9. The predicted molar refractivity (Wildman–Crippen MR) is 104 cm³/mol. The third-order valence-electron chi connectivity index (χ3n) is 5.00. The molecule has 4 rings (SSSR count). The number of aliphatic carboxylic acids is 1. The van der Waals surface area contributed by atoms with Crippen molar-refractivity contribution >= 4 is 23.2 Å². The van der Waals surface area contributed by atoms with Gasteiger partial charge in [0.15, 0.2) is 0 Å². The summed E-state index contributed by atoms with van der Waals surface area (Å²) < 4.78 is 33.7. The van der Waals surface area contributed by atoms with Crippen LogP contribution in [0.1, 0.15) is 35.0 Å². The average Bonchev–Trinajstić information content (AvgIpc) is 3.19. The summed E-state index contributed by atoms with van der Waals surface area (Å²) in [5.74, 6) is -1.93. The molecule has 2 aromatic heterocycles. The highest BCUT2D eigenvalue weighted by Gasteiger charge is 2.38. The standard InChI is InChI=1S/C17H22N4OS.C2HF3O2/c1-20-11-19-15-10-21(8-12-4-5-12)9-14(16(15)20)17(22)18-7-13-3-2-6-23-13;3-2(4,5)1(6)7/h2-3,6,11-12,14H,4-5,7-10H2,1H3,(H,18,22);(H,6,7). The molecule has 0 radical (unpaired) electrons. The van der Waals surface area contributed by atoms with Crippen LogP contribution in [0.2, 0.25) is 0 Å². The number of imidazole rings is 1. The predicted octanol–water partition coefficient (Wildman–Crippen LogP) is 2.74. The van der Waals surface area contributed by atoms with Crippen LogP contribution < -0.4 is 5.32 Å². The van der Waals surface area contributed by atoms with E-state index in [1.165, 1.54) is 17.7 Å². The number of aromatic nitrogens is 2. The Hall–Kier alpha value is -2.40. The quantitative estimate of drug-likeness (QED) is 0.741. The smallest absolute Gasteiger partial charge is 0.475 e. The van der Waals surface area contributed by atoms with Crippen LogP contribution in [0.4, 0.5) is 13.2 Å². The van der Waals surface area contributed by atoms with Crippen LogP contribution in [0.25, 0.3) is 0 Å². The topological polar surface area (TPSA) is 87.5 Å². The monoisotopic (exact) mass is 444 g/mol. The Morgan fingerprint density at radius 3 is 2.63 bits per heavy atom. The highest BCUT2D eigenvalue weighted by atomic mass is 32.1. The third kappa shape index (κ3) is 5.82. The molecule has 1 unspecified atom stereocenters. The van der Waals surface area contributed by atoms with E-state index in [9.17, 15) is 18.0 Å². The van der Waals surface area contributed by atoms with Crippen LogP contribution in [-0.4, -0.2) is 50.7 Å². The number of carbonyl (C=O) groups excluding carboxylic acids is 1. The van der Waals surface area contributed by atoms with Gasteiger partial charge in [0.05, 0.1) is 30.2 Å². The van der Waals surface area contributed by atoms with Gasteiger partial charge in [-0.2, -0.15) is 13.2 Å². The summed E-state index contributed by atoms with van der Waals surface area (Å²) in [5, 5.41) is 12.3. The van der Waals surface area contributed by atoms with Crippen LogP contribution >= 0.6 is 11.3 Å². The van der Waals surface area contributed by atoms with Gasteiger partial charge in [-0.05, 0) is 30.2 Å². The van der Waals surface area contributed by atoms with Gasteiger partial charge >= 0.3 is 12.1 Å². The molecule has 1 atom stereocenters. The van der Waals surface area contributed by atoms with Gasteiger partial charge in [-0.3, -0.25) is 9.69 Å². The fourth-order valence-corrected chi connectivity index (χ4v) is 4.04. The molecule has 0 aromatic carbocycles. The summed E-state index contributed by atoms with van der Waals surface area (Å²) in [6, 6.07) is 4.07. The third-order valence-corrected chi connectivity index (χ3v) is 5.87. The first-order valence-corrected chi connectivity index (χ1v) is 10.4. The molecule has 164 valence electrons. The molecule has 1 aliphatic carbocycles. The molecule has 2 N–H and O–H groups in total. The average molecular weight is 444 g/mol. The van der Waals surface area contributed by atoms with Crippen LogP contribution in [0.15, 0.2) is 23.8 Å². The summed E-state index contributed by atoms with van der Waals surface area (Å²) in [7, 11) is 1.99. The van der Waals surface area contributed by atoms with Crippen molar-refractivity contribution in [2.24, 2.45) is 13.0 Å². The maximum Gasteiger partial charge on any atom is 0.490 e. The lowest BCUT2D eigenvalue weighted by Gasteiger charge is -2.32. The minimum atomic E-state index is -5.08. The van der Waals surface area contributed by atoms with Crippen LogP contribution in [0, 0.1) is 5.92 Å². The maximum absolute atomic E-state index is 12.8. The molecular formula is C19H23F3N4O3S. The Morgan fingerprint density at radius 2 is 2.07 bits per heavy atom. The zero-order valence-electron chi connectivity index (χ0n) is 16.4. The molecule has 7 nitrogen and oxygen atoms in total. The normalized spacial score (nSPS) is 18.9. The summed E-state index contributed by atoms with van der Waals surface area (Å²) in [5.41, 5.74) is 2.15. The highest BCUT2D eigenvalue weighted by molar-refractivity contribution is 7.09. The number of hydrogen-bond acceptors (Lipinski definition) is 5. The van der Waals surface area contributed by atoms with Gasteiger partial charge in [-0.25, -0.2) is 9.78 Å². The lowest BCUT2D eigenvalue weighted by Crippen LogP contribution is -2.42. The molecule has 2 aromatic rings. The Morgan fingerprint density at radius 1 is 1.37 bits per heavy atom. The lowest BCUT2D eigenvalue weighted by atomic mass is 9.97. The molecule has 1 aliphatic heterocycles. The van der Waals surface area contributed by atoms with Crippen molar-refractivity contribution < 1.29 is 27.9 Å². The number of alkyl halides is 3. The lowest BCUT2D eigenvalue weighted by molar-refractivity contribution is -0.192. The summed E-state index contributed by atoms with van der Waals surface area (Å²) >= 11 is 1.68. The summed E-state index contributed by atoms with van der Waals surface area (Å²) in [6.07, 6.45) is -0.577. The number of fused-ring (bicyclic) bond motifs is 1. The van der Waals surface area contributed by atoms with Crippen LogP contribution in [0.3, 0.4) is 0 Å². The molecule has 1 saturated carbocycles. The minimum absolute atomic E-state index is 0.115. The molecular weight excluding hydrogens is 421 g/mol. The molecule has 3 heterocycles. The molecule has 1 amide bonds. The van der Waals surface area contributed by atoms with Crippen molar-refractivity contribution in [1.82, 2.24) is 19.8 Å². The molecule has 11 heteroatoms. The molecule has 2 aliphatic rings. The van der Waals surface area contributed by atoms with Crippen molar-refractivity contribution in [3.8, 4) is 0 Å². The van der Waals surface area contributed by atoms with E-state index in [0.717, 1.165) is 36.9 Å². The number of rotatable bonds is 5. The van der Waals surface area contributed by atoms with Gasteiger partial charge in [-0.1, -0.05) is 6.07 Å². The van der Waals surface area contributed by atoms with E-state index >= 15 is 0 Å². The van der Waals surface area contributed by atoms with E-state index in [4.69, 9.17) is 9.90 Å². The number of carboxylic acid groups (broad SMARTS) is 1. The van der Waals surface area contributed by atoms with Crippen molar-refractivity contribution in [2.45, 2.75) is 38.0 Å². The number of aryl methyl sites for hydroxylation is 1. The molecule has 0 saturated heterocycles. The largest absolute Gasteiger partial charge is 0.490 e. The summed E-state index contributed by atoms with van der Waals surface area (Å²) in [4.78, 5) is 29.8. The second kappa shape index (κ2) is 9.17. The number of carbonyl (C=O) groups is 2. The van der Waals surface area contributed by atoms with Gasteiger partial charge in [0.2, 0.25) is 5.91 Å². The second-order valence-electron chi connectivity index (χ2n) is 7.48. The molecule has 30 heavy (non-hydrogen) atoms. The van der Waals surface area contributed by atoms with Crippen LogP contribution in [0.5, 0.6) is 0 Å². The maximum atomic E-state index is 12.8. The van der Waals surface area contributed by atoms with Crippen LogP contribution in [-0.2, 0) is 29.7 Å². The number of amides is 1. The zero-order valence-corrected chi connectivity index (χ0v) is 17.2. The van der Waals surface area contributed by atoms with Crippen molar-refractivity contribution in [3.63, 3.8) is 0 Å². The minimum Gasteiger partial charge on any atom is -0.475 e. The van der Waals surface area contributed by atoms with E-state index in [1.807, 2.05) is 29.4 Å². The number of halogens is 3. The fourth-order valence-electron chi connectivity index (χ4n) is 3.40. The van der Waals surface area contributed by atoms with E-state index < -0.39 is 12.1 Å². The number of nitrogens with one attached hydrogen (secondary N) is 1. The van der Waals surface area contributed by atoms with Gasteiger partial charge in [0.25, 0.3) is 0 Å². The van der Waals surface area contributed by atoms with Gasteiger partial charge < -0.3 is 15.0 Å². The van der Waals surface area contributed by atoms with Gasteiger partial charge in [-0.15, -0.1) is 11.3 Å². The van der Waals surface area contributed by atoms with E-state index in [-0.39, 0.29) is 11.8 Å². The van der Waals surface area contributed by atoms with Crippen molar-refractivity contribution in [2.75, 3.05) is 13.1 Å². The van der Waals surface area contributed by atoms with E-state index in [1.54, 1.807) is 11.3 Å². The Bertz CT molecular complexity index is 878. The molecule has 0 bridgehead atoms. The van der Waals surface area contributed by atoms with Gasteiger partial charge in [0, 0.05) is 31.6 Å². The SMILES string of the molecule is Cn1cnc2c1C(C(=O)NCc1cccs1)CN(CC1CC1)C2.O=C(O)C(F)(F)F. The van der Waals surface area contributed by atoms with Crippen molar-refractivity contribution in [1.29, 1.82) is 0 Å². The van der Waals surface area contributed by atoms with Crippen molar-refractivity contribution in [3.05, 3.63) is 40.1 Å². The number of carboxylic acids is 1. The first-order chi connectivity index (χ1) is 14.1. The number of hydrogen-bond donors (Lipinski definition) is 2. The fraction of sp³-hybridized carbons (Fsp3) is 0.526. The first-order valence-electron chi connectivity index (χ1n) is 9.47. The number of nitrogens with zero attached hydrogens (tertiary/aromatic N) is 3. The Kier molecular flexibility index (Phi) is 6.81. The Balaban J connectivity index is 0.000000318.